The standard InChI is InChI=1S/C38H57NO5/c1-23(35(40)39-31(36(41)43-6)20-25-10-8-7-9-11-25)12-15-32-24(2)34-33(44-32)22-30-28-14-13-26-21-27(42-5)16-18-37(26,3)29(28)17-19-38(30,34)4/h7-11,23-24,26-34H,12-22H2,1-6H3,(H,39,40)/t23-,24+,26+,27-,28+,29-,30-,31-,32+,33-,34-,37-,38-/m0/s1. The Morgan fingerprint density at radius 1 is 1.00 bits per heavy atom. The van der Waals surface area contributed by atoms with Crippen molar-refractivity contribution in [1.29, 1.82) is 0 Å². The van der Waals surface area contributed by atoms with Gasteiger partial charge in [0.1, 0.15) is 6.04 Å². The van der Waals surface area contributed by atoms with Crippen LogP contribution in [0.3, 0.4) is 0 Å². The van der Waals surface area contributed by atoms with Gasteiger partial charge >= 0.3 is 5.97 Å². The maximum atomic E-state index is 13.2. The van der Waals surface area contributed by atoms with E-state index in [-0.39, 0.29) is 17.9 Å². The molecule has 244 valence electrons. The molecule has 13 atom stereocenters. The van der Waals surface area contributed by atoms with Crippen LogP contribution in [0.4, 0.5) is 0 Å². The highest BCUT2D eigenvalue weighted by Crippen LogP contribution is 2.70. The zero-order valence-electron chi connectivity index (χ0n) is 28.1. The summed E-state index contributed by atoms with van der Waals surface area (Å²) in [6.45, 7) is 9.66. The number of carbonyl (C=O) groups is 2. The van der Waals surface area contributed by atoms with Gasteiger partial charge < -0.3 is 19.5 Å². The molecule has 1 aromatic rings. The lowest BCUT2D eigenvalue weighted by atomic mass is 9.44. The Kier molecular flexibility index (Phi) is 9.25. The van der Waals surface area contributed by atoms with Crippen LogP contribution in [0, 0.1) is 52.3 Å². The van der Waals surface area contributed by atoms with Gasteiger partial charge in [-0.2, -0.15) is 0 Å². The van der Waals surface area contributed by atoms with Gasteiger partial charge in [-0.15, -0.1) is 0 Å². The van der Waals surface area contributed by atoms with Gasteiger partial charge in [0.05, 0.1) is 25.4 Å². The summed E-state index contributed by atoms with van der Waals surface area (Å²) in [6, 6.07) is 9.09. The van der Waals surface area contributed by atoms with Crippen molar-refractivity contribution in [2.75, 3.05) is 14.2 Å². The van der Waals surface area contributed by atoms with Gasteiger partial charge in [-0.25, -0.2) is 4.79 Å². The molecule has 1 saturated heterocycles. The Balaban J connectivity index is 1.05. The minimum absolute atomic E-state index is 0.0869. The Morgan fingerprint density at radius 2 is 1.75 bits per heavy atom. The molecule has 4 saturated carbocycles. The van der Waals surface area contributed by atoms with Gasteiger partial charge in [0.25, 0.3) is 0 Å². The van der Waals surface area contributed by atoms with Crippen molar-refractivity contribution in [3.63, 3.8) is 0 Å². The van der Waals surface area contributed by atoms with Crippen molar-refractivity contribution in [3.05, 3.63) is 35.9 Å². The van der Waals surface area contributed by atoms with Crippen molar-refractivity contribution in [2.45, 2.75) is 123 Å². The monoisotopic (exact) mass is 607 g/mol. The molecule has 0 unspecified atom stereocenters. The third-order valence-corrected chi connectivity index (χ3v) is 14.0. The Morgan fingerprint density at radius 3 is 2.48 bits per heavy atom. The van der Waals surface area contributed by atoms with Crippen molar-refractivity contribution >= 4 is 11.9 Å². The molecule has 1 N–H and O–H groups in total. The fourth-order valence-corrected chi connectivity index (χ4v) is 11.5. The third-order valence-electron chi connectivity index (χ3n) is 14.0. The van der Waals surface area contributed by atoms with Crippen LogP contribution in [0.1, 0.15) is 97.5 Å². The second-order valence-electron chi connectivity index (χ2n) is 15.9. The van der Waals surface area contributed by atoms with Crippen LogP contribution in [-0.2, 0) is 30.2 Å². The van der Waals surface area contributed by atoms with Crippen LogP contribution in [0.5, 0.6) is 0 Å². The first kappa shape index (κ1) is 32.0. The van der Waals surface area contributed by atoms with E-state index in [1.165, 1.54) is 58.5 Å². The smallest absolute Gasteiger partial charge is 0.328 e. The number of hydrogen-bond acceptors (Lipinski definition) is 5. The summed E-state index contributed by atoms with van der Waals surface area (Å²) in [5.74, 6) is 3.74. The molecule has 4 aliphatic carbocycles. The molecule has 6 rings (SSSR count). The lowest BCUT2D eigenvalue weighted by Crippen LogP contribution is -2.54. The maximum absolute atomic E-state index is 13.2. The van der Waals surface area contributed by atoms with E-state index in [0.717, 1.165) is 42.1 Å². The molecule has 44 heavy (non-hydrogen) atoms. The van der Waals surface area contributed by atoms with E-state index in [1.807, 2.05) is 44.4 Å². The second kappa shape index (κ2) is 12.7. The lowest BCUT2D eigenvalue weighted by Gasteiger charge is -2.61. The van der Waals surface area contributed by atoms with E-state index >= 15 is 0 Å². The summed E-state index contributed by atoms with van der Waals surface area (Å²) in [4.78, 5) is 25.7. The molecule has 1 aromatic carbocycles. The van der Waals surface area contributed by atoms with E-state index in [2.05, 4.69) is 26.1 Å². The number of nitrogens with one attached hydrogen (secondary N) is 1. The van der Waals surface area contributed by atoms with Crippen LogP contribution in [0.25, 0.3) is 0 Å². The fourth-order valence-electron chi connectivity index (χ4n) is 11.5. The highest BCUT2D eigenvalue weighted by molar-refractivity contribution is 5.85. The zero-order valence-corrected chi connectivity index (χ0v) is 28.1. The summed E-state index contributed by atoms with van der Waals surface area (Å²) in [5, 5.41) is 2.98. The molecule has 5 fully saturated rings. The van der Waals surface area contributed by atoms with Gasteiger partial charge in [-0.1, -0.05) is 58.0 Å². The first-order valence-electron chi connectivity index (χ1n) is 17.7. The van der Waals surface area contributed by atoms with E-state index in [4.69, 9.17) is 14.2 Å². The molecular weight excluding hydrogens is 550 g/mol. The second-order valence-corrected chi connectivity index (χ2v) is 15.9. The maximum Gasteiger partial charge on any atom is 0.328 e. The molecule has 0 bridgehead atoms. The lowest BCUT2D eigenvalue weighted by molar-refractivity contribution is -0.145. The van der Waals surface area contributed by atoms with E-state index in [1.54, 1.807) is 0 Å². The summed E-state index contributed by atoms with van der Waals surface area (Å²) < 4.78 is 17.8. The Hall–Kier alpha value is -1.92. The largest absolute Gasteiger partial charge is 0.467 e. The van der Waals surface area contributed by atoms with E-state index in [0.29, 0.717) is 41.3 Å². The van der Waals surface area contributed by atoms with Crippen LogP contribution in [0.2, 0.25) is 0 Å². The van der Waals surface area contributed by atoms with Crippen LogP contribution < -0.4 is 5.32 Å². The Bertz CT molecular complexity index is 1170. The molecule has 1 heterocycles. The van der Waals surface area contributed by atoms with Crippen molar-refractivity contribution in [1.82, 2.24) is 5.32 Å². The van der Waals surface area contributed by atoms with Crippen molar-refractivity contribution < 1.29 is 23.8 Å². The van der Waals surface area contributed by atoms with Crippen molar-refractivity contribution in [3.8, 4) is 0 Å². The molecule has 0 aromatic heterocycles. The number of hydrogen-bond donors (Lipinski definition) is 1. The number of fused-ring (bicyclic) bond motifs is 7. The first-order chi connectivity index (χ1) is 21.1. The average Bonchev–Trinajstić information content (AvgIpc) is 3.51. The molecular formula is C38H57NO5. The van der Waals surface area contributed by atoms with Gasteiger partial charge in [0.2, 0.25) is 5.91 Å². The number of rotatable bonds is 9. The van der Waals surface area contributed by atoms with Crippen LogP contribution in [0.15, 0.2) is 30.3 Å². The topological polar surface area (TPSA) is 73.9 Å². The minimum atomic E-state index is -0.683. The summed E-state index contributed by atoms with van der Waals surface area (Å²) >= 11 is 0. The molecule has 1 amide bonds. The number of ether oxygens (including phenoxy) is 3. The predicted octanol–water partition coefficient (Wildman–Crippen LogP) is 6.99. The van der Waals surface area contributed by atoms with Crippen LogP contribution >= 0.6 is 0 Å². The number of benzene rings is 1. The van der Waals surface area contributed by atoms with Gasteiger partial charge in [0, 0.05) is 19.4 Å². The molecule has 1 aliphatic heterocycles. The Labute approximate surface area is 265 Å². The number of amides is 1. The SMILES string of the molecule is COC(=O)[C@H](Cc1ccccc1)NC(=O)[C@@H](C)CC[C@H]1O[C@H]2C[C@H]3[C@@H]4CC[C@@H]5C[C@@H](OC)CC[C@]5(C)[C@H]4CC[C@]3(C)[C@H]2[C@@H]1C. The predicted molar refractivity (Wildman–Crippen MR) is 172 cm³/mol. The summed E-state index contributed by atoms with van der Waals surface area (Å²) in [6.07, 6.45) is 13.6. The first-order valence-corrected chi connectivity index (χ1v) is 17.7. The minimum Gasteiger partial charge on any atom is -0.467 e. The highest BCUT2D eigenvalue weighted by Gasteiger charge is 2.65. The average molecular weight is 608 g/mol. The number of esters is 1. The van der Waals surface area contributed by atoms with Crippen LogP contribution in [-0.4, -0.2) is 50.4 Å². The van der Waals surface area contributed by atoms with Crippen molar-refractivity contribution in [2.24, 2.45) is 52.3 Å². The molecule has 6 heteroatoms. The van der Waals surface area contributed by atoms with E-state index < -0.39 is 12.0 Å². The van der Waals surface area contributed by atoms with Gasteiger partial charge in [-0.3, -0.25) is 4.79 Å². The third kappa shape index (κ3) is 5.65. The summed E-state index contributed by atoms with van der Waals surface area (Å²) in [7, 11) is 3.28. The molecule has 6 nitrogen and oxygen atoms in total. The molecule has 5 aliphatic rings. The molecule has 0 radical (unpaired) electrons. The zero-order chi connectivity index (χ0) is 31.2. The normalized spacial score (nSPS) is 42.3. The highest BCUT2D eigenvalue weighted by atomic mass is 16.5. The summed E-state index contributed by atoms with van der Waals surface area (Å²) in [5.41, 5.74) is 1.84. The number of methoxy groups -OCH3 is 2. The fraction of sp³-hybridized carbons (Fsp3) is 0.789. The van der Waals surface area contributed by atoms with E-state index in [9.17, 15) is 9.59 Å². The van der Waals surface area contributed by atoms with Gasteiger partial charge in [0.15, 0.2) is 0 Å². The molecule has 0 spiro atoms. The van der Waals surface area contributed by atoms with Gasteiger partial charge in [-0.05, 0) is 116 Å². The quantitative estimate of drug-likeness (QED) is 0.306. The number of carbonyl (C=O) groups excluding carboxylic acids is 2.